The van der Waals surface area contributed by atoms with Gasteiger partial charge in [0, 0.05) is 11.6 Å². The fraction of sp³-hybridized carbons (Fsp3) is 0.412. The van der Waals surface area contributed by atoms with Crippen molar-refractivity contribution in [1.82, 2.24) is 9.55 Å². The first-order chi connectivity index (χ1) is 9.66. The van der Waals surface area contributed by atoms with E-state index >= 15 is 0 Å². The monoisotopic (exact) mass is 267 g/mol. The van der Waals surface area contributed by atoms with E-state index < -0.39 is 0 Å². The smallest absolute Gasteiger partial charge is 0.0960 e. The summed E-state index contributed by atoms with van der Waals surface area (Å²) < 4.78 is 2.32. The first-order valence-corrected chi connectivity index (χ1v) is 7.38. The van der Waals surface area contributed by atoms with Crippen LogP contribution in [-0.2, 0) is 0 Å². The van der Waals surface area contributed by atoms with Gasteiger partial charge in [-0.2, -0.15) is 0 Å². The van der Waals surface area contributed by atoms with Crippen LogP contribution in [0.1, 0.15) is 50.6 Å². The zero-order chi connectivity index (χ0) is 14.1. The van der Waals surface area contributed by atoms with Crippen LogP contribution >= 0.6 is 0 Å². The second kappa shape index (κ2) is 5.23. The minimum Gasteiger partial charge on any atom is -0.327 e. The number of imidazole rings is 1. The van der Waals surface area contributed by atoms with Crippen LogP contribution < -0.4 is 0 Å². The van der Waals surface area contributed by atoms with Gasteiger partial charge in [-0.15, -0.1) is 0 Å². The number of nitrogens with one attached hydrogen (secondary N) is 1. The second-order valence-electron chi connectivity index (χ2n) is 5.80. The van der Waals surface area contributed by atoms with Gasteiger partial charge in [-0.05, 0) is 37.5 Å². The van der Waals surface area contributed by atoms with Crippen molar-refractivity contribution < 1.29 is 0 Å². The molecule has 0 aliphatic heterocycles. The van der Waals surface area contributed by atoms with Crippen molar-refractivity contribution in [3.8, 4) is 0 Å². The maximum atomic E-state index is 8.03. The topological polar surface area (TPSA) is 41.7 Å². The van der Waals surface area contributed by atoms with E-state index in [2.05, 4.69) is 22.2 Å². The van der Waals surface area contributed by atoms with Crippen LogP contribution in [0.15, 0.2) is 36.7 Å². The first-order valence-electron chi connectivity index (χ1n) is 7.38. The number of nitrogens with zero attached hydrogens (tertiary/aromatic N) is 2. The van der Waals surface area contributed by atoms with Gasteiger partial charge in [0.25, 0.3) is 0 Å². The first kappa shape index (κ1) is 13.1. The molecule has 3 heteroatoms. The summed E-state index contributed by atoms with van der Waals surface area (Å²) in [6.45, 7) is 5.71. The van der Waals surface area contributed by atoms with Gasteiger partial charge in [0.15, 0.2) is 0 Å². The largest absolute Gasteiger partial charge is 0.327 e. The number of aromatic nitrogens is 2. The number of fused-ring (bicyclic) bond motifs is 1. The van der Waals surface area contributed by atoms with E-state index in [1.807, 2.05) is 25.4 Å². The second-order valence-corrected chi connectivity index (χ2v) is 5.80. The highest BCUT2D eigenvalue weighted by Crippen LogP contribution is 2.31. The summed E-state index contributed by atoms with van der Waals surface area (Å²) in [6, 6.07) is 6.72. The Morgan fingerprint density at radius 2 is 2.05 bits per heavy atom. The van der Waals surface area contributed by atoms with Gasteiger partial charge in [0.1, 0.15) is 0 Å². The van der Waals surface area contributed by atoms with Crippen LogP contribution in [0.3, 0.4) is 0 Å². The van der Waals surface area contributed by atoms with E-state index in [1.54, 1.807) is 0 Å². The molecule has 0 spiro atoms. The Labute approximate surface area is 119 Å². The van der Waals surface area contributed by atoms with Crippen LogP contribution in [0.2, 0.25) is 0 Å². The van der Waals surface area contributed by atoms with Gasteiger partial charge in [-0.1, -0.05) is 31.9 Å². The molecular weight excluding hydrogens is 246 g/mol. The number of rotatable bonds is 3. The van der Waals surface area contributed by atoms with Crippen LogP contribution in [0.5, 0.6) is 0 Å². The number of benzene rings is 1. The van der Waals surface area contributed by atoms with Crippen LogP contribution in [-0.4, -0.2) is 15.3 Å². The molecule has 1 N–H and O–H groups in total. The predicted molar refractivity (Wildman–Crippen MR) is 83.5 cm³/mol. The summed E-state index contributed by atoms with van der Waals surface area (Å²) in [4.78, 5) is 4.53. The van der Waals surface area contributed by atoms with Gasteiger partial charge in [-0.25, -0.2) is 4.98 Å². The molecule has 0 unspecified atom stereocenters. The maximum absolute atomic E-state index is 8.03. The molecule has 104 valence electrons. The van der Waals surface area contributed by atoms with Gasteiger partial charge in [0.2, 0.25) is 0 Å². The quantitative estimate of drug-likeness (QED) is 0.818. The average Bonchev–Trinajstić information content (AvgIpc) is 2.90. The lowest BCUT2D eigenvalue weighted by Gasteiger charge is -2.23. The summed E-state index contributed by atoms with van der Waals surface area (Å²) in [5, 5.41) is 8.03. The molecule has 0 atom stereocenters. The van der Waals surface area contributed by atoms with Crippen molar-refractivity contribution in [3.63, 3.8) is 0 Å². The Morgan fingerprint density at radius 3 is 2.75 bits per heavy atom. The minimum absolute atomic E-state index is 0.499. The molecule has 2 aromatic rings. The van der Waals surface area contributed by atoms with Crippen molar-refractivity contribution in [2.24, 2.45) is 0 Å². The average molecular weight is 267 g/mol. The van der Waals surface area contributed by atoms with Crippen LogP contribution in [0.25, 0.3) is 11.0 Å². The Hall–Kier alpha value is -1.90. The predicted octanol–water partition coefficient (Wildman–Crippen LogP) is 4.49. The van der Waals surface area contributed by atoms with E-state index in [4.69, 9.17) is 5.41 Å². The third-order valence-corrected chi connectivity index (χ3v) is 4.26. The normalized spacial score (nSPS) is 16.4. The van der Waals surface area contributed by atoms with Crippen molar-refractivity contribution in [2.75, 3.05) is 0 Å². The van der Waals surface area contributed by atoms with E-state index in [1.165, 1.54) is 37.6 Å². The van der Waals surface area contributed by atoms with E-state index in [0.717, 1.165) is 16.7 Å². The van der Waals surface area contributed by atoms with Crippen molar-refractivity contribution in [2.45, 2.75) is 45.1 Å². The highest BCUT2D eigenvalue weighted by atomic mass is 15.1. The lowest BCUT2D eigenvalue weighted by Crippen LogP contribution is -2.11. The Balaban J connectivity index is 1.97. The Kier molecular flexibility index (Phi) is 3.43. The molecule has 0 bridgehead atoms. The fourth-order valence-electron chi connectivity index (χ4n) is 3.08. The van der Waals surface area contributed by atoms with Gasteiger partial charge in [0.05, 0.1) is 23.1 Å². The third kappa shape index (κ3) is 2.28. The molecule has 1 aliphatic carbocycles. The fourth-order valence-corrected chi connectivity index (χ4v) is 3.08. The zero-order valence-corrected chi connectivity index (χ0v) is 12.0. The molecule has 1 saturated carbocycles. The molecule has 1 aromatic carbocycles. The van der Waals surface area contributed by atoms with Gasteiger partial charge >= 0.3 is 0 Å². The van der Waals surface area contributed by atoms with Gasteiger partial charge < -0.3 is 9.98 Å². The summed E-state index contributed by atoms with van der Waals surface area (Å²) in [7, 11) is 0. The summed E-state index contributed by atoms with van der Waals surface area (Å²) in [6.07, 6.45) is 8.49. The van der Waals surface area contributed by atoms with E-state index in [9.17, 15) is 0 Å². The maximum Gasteiger partial charge on any atom is 0.0960 e. The molecule has 1 aromatic heterocycles. The summed E-state index contributed by atoms with van der Waals surface area (Å²) in [5.41, 5.74) is 4.36. The van der Waals surface area contributed by atoms with Gasteiger partial charge in [-0.3, -0.25) is 0 Å². The molecule has 3 rings (SSSR count). The molecule has 0 radical (unpaired) electrons. The summed E-state index contributed by atoms with van der Waals surface area (Å²) >= 11 is 0. The lowest BCUT2D eigenvalue weighted by atomic mass is 9.95. The molecule has 20 heavy (non-hydrogen) atoms. The molecule has 0 amide bonds. The van der Waals surface area contributed by atoms with E-state index in [0.29, 0.717) is 11.8 Å². The minimum atomic E-state index is 0.499. The Bertz CT molecular complexity index is 660. The third-order valence-electron chi connectivity index (χ3n) is 4.26. The number of allylic oxidation sites excluding steroid dienone is 1. The SMILES string of the molecule is C=C(C)C(=N)c1ccc2c(c1)ncn2C1CCCCC1. The highest BCUT2D eigenvalue weighted by molar-refractivity contribution is 6.11. The lowest BCUT2D eigenvalue weighted by molar-refractivity contribution is 0.359. The molecule has 1 heterocycles. The molecule has 1 aliphatic rings. The molecule has 1 fully saturated rings. The van der Waals surface area contributed by atoms with E-state index in [-0.39, 0.29) is 0 Å². The Morgan fingerprint density at radius 1 is 1.30 bits per heavy atom. The number of hydrogen-bond acceptors (Lipinski definition) is 2. The number of hydrogen-bond donors (Lipinski definition) is 1. The van der Waals surface area contributed by atoms with Crippen LogP contribution in [0, 0.1) is 5.41 Å². The molecule has 3 nitrogen and oxygen atoms in total. The van der Waals surface area contributed by atoms with Crippen molar-refractivity contribution in [3.05, 3.63) is 42.2 Å². The standard InChI is InChI=1S/C17H21N3/c1-12(2)17(18)13-8-9-16-15(10-13)19-11-20(16)14-6-4-3-5-7-14/h8-11,14,18H,1,3-7H2,2H3. The van der Waals surface area contributed by atoms with Crippen molar-refractivity contribution in [1.29, 1.82) is 5.41 Å². The zero-order valence-electron chi connectivity index (χ0n) is 12.0. The van der Waals surface area contributed by atoms with Crippen molar-refractivity contribution >= 4 is 16.7 Å². The summed E-state index contributed by atoms with van der Waals surface area (Å²) in [5.74, 6) is 0. The van der Waals surface area contributed by atoms with Crippen LogP contribution in [0.4, 0.5) is 0 Å². The molecular formula is C17H21N3. The molecule has 0 saturated heterocycles. The highest BCUT2D eigenvalue weighted by Gasteiger charge is 2.17.